The molecule has 3 nitrogen and oxygen atoms in total. The summed E-state index contributed by atoms with van der Waals surface area (Å²) in [6, 6.07) is 3.64. The van der Waals surface area contributed by atoms with Crippen LogP contribution in [0.15, 0.2) is 16.6 Å². The van der Waals surface area contributed by atoms with Crippen LogP contribution in [0, 0.1) is 0 Å². The third-order valence-corrected chi connectivity index (χ3v) is 2.30. The van der Waals surface area contributed by atoms with Gasteiger partial charge < -0.3 is 15.2 Å². The zero-order valence-electron chi connectivity index (χ0n) is 8.34. The van der Waals surface area contributed by atoms with Gasteiger partial charge in [-0.1, -0.05) is 13.8 Å². The average Bonchev–Trinajstić information content (AvgIpc) is 2.27. The first kappa shape index (κ1) is 11.2. The van der Waals surface area contributed by atoms with Crippen molar-refractivity contribution in [2.45, 2.75) is 13.8 Å². The lowest BCUT2D eigenvalue weighted by molar-refractivity contribution is 0.171. The molecule has 0 aromatic heterocycles. The monoisotopic (exact) mass is 259 g/mol. The maximum Gasteiger partial charge on any atom is 0.185 e. The number of anilines is 1. The molecule has 2 rings (SSSR count). The molecule has 4 heteroatoms. The predicted octanol–water partition coefficient (Wildman–Crippen LogP) is 2.83. The molecular formula is C10H14BrNO2. The van der Waals surface area contributed by atoms with Crippen molar-refractivity contribution in [1.82, 2.24) is 0 Å². The Balaban J connectivity index is 0.000000461. The highest BCUT2D eigenvalue weighted by Crippen LogP contribution is 2.41. The number of nitrogen functional groups attached to an aromatic ring is 1. The molecular weight excluding hydrogens is 246 g/mol. The highest BCUT2D eigenvalue weighted by atomic mass is 79.9. The van der Waals surface area contributed by atoms with Gasteiger partial charge in [0, 0.05) is 0 Å². The van der Waals surface area contributed by atoms with Crippen LogP contribution in [0.5, 0.6) is 11.5 Å². The van der Waals surface area contributed by atoms with Crippen LogP contribution in [-0.4, -0.2) is 13.2 Å². The van der Waals surface area contributed by atoms with Gasteiger partial charge in [0.05, 0.1) is 10.2 Å². The van der Waals surface area contributed by atoms with Gasteiger partial charge in [-0.2, -0.15) is 0 Å². The van der Waals surface area contributed by atoms with E-state index in [1.54, 1.807) is 6.07 Å². The average molecular weight is 260 g/mol. The van der Waals surface area contributed by atoms with Crippen LogP contribution < -0.4 is 15.2 Å². The van der Waals surface area contributed by atoms with Crippen LogP contribution in [0.1, 0.15) is 13.8 Å². The molecule has 0 fully saturated rings. The van der Waals surface area contributed by atoms with Crippen LogP contribution in [0.25, 0.3) is 0 Å². The van der Waals surface area contributed by atoms with E-state index in [4.69, 9.17) is 15.2 Å². The molecule has 14 heavy (non-hydrogen) atoms. The molecule has 0 saturated carbocycles. The Morgan fingerprint density at radius 1 is 1.14 bits per heavy atom. The van der Waals surface area contributed by atoms with Crippen molar-refractivity contribution in [1.29, 1.82) is 0 Å². The van der Waals surface area contributed by atoms with Crippen molar-refractivity contribution in [2.75, 3.05) is 18.9 Å². The van der Waals surface area contributed by atoms with Crippen molar-refractivity contribution in [3.63, 3.8) is 0 Å². The van der Waals surface area contributed by atoms with E-state index in [2.05, 4.69) is 15.9 Å². The quantitative estimate of drug-likeness (QED) is 0.729. The zero-order valence-corrected chi connectivity index (χ0v) is 9.93. The van der Waals surface area contributed by atoms with Gasteiger partial charge in [0.2, 0.25) is 0 Å². The van der Waals surface area contributed by atoms with Gasteiger partial charge in [-0.05, 0) is 28.1 Å². The van der Waals surface area contributed by atoms with E-state index in [0.717, 1.165) is 4.47 Å². The minimum absolute atomic E-state index is 0.563. The Hall–Kier alpha value is -0.900. The van der Waals surface area contributed by atoms with Gasteiger partial charge in [0.1, 0.15) is 13.2 Å². The zero-order chi connectivity index (χ0) is 10.6. The van der Waals surface area contributed by atoms with E-state index in [1.807, 2.05) is 19.9 Å². The Morgan fingerprint density at radius 3 is 2.29 bits per heavy atom. The Morgan fingerprint density at radius 2 is 1.71 bits per heavy atom. The summed E-state index contributed by atoms with van der Waals surface area (Å²) in [5, 5.41) is 0. The second-order valence-electron chi connectivity index (χ2n) is 2.49. The lowest BCUT2D eigenvalue weighted by atomic mass is 10.2. The molecule has 1 aromatic rings. The first-order chi connectivity index (χ1) is 6.79. The fraction of sp³-hybridized carbons (Fsp3) is 0.400. The number of fused-ring (bicyclic) bond motifs is 1. The van der Waals surface area contributed by atoms with E-state index in [1.165, 1.54) is 0 Å². The number of benzene rings is 1. The topological polar surface area (TPSA) is 44.5 Å². The highest BCUT2D eigenvalue weighted by molar-refractivity contribution is 9.10. The third kappa shape index (κ3) is 2.12. The molecule has 78 valence electrons. The first-order valence-corrected chi connectivity index (χ1v) is 5.42. The minimum atomic E-state index is 0.563. The number of halogens is 1. The van der Waals surface area contributed by atoms with Gasteiger partial charge in [-0.25, -0.2) is 0 Å². The fourth-order valence-corrected chi connectivity index (χ4v) is 1.55. The third-order valence-electron chi connectivity index (χ3n) is 1.67. The van der Waals surface area contributed by atoms with Crippen LogP contribution >= 0.6 is 15.9 Å². The van der Waals surface area contributed by atoms with Crippen molar-refractivity contribution in [3.05, 3.63) is 16.6 Å². The molecule has 1 aliphatic heterocycles. The van der Waals surface area contributed by atoms with Crippen LogP contribution in [0.3, 0.4) is 0 Å². The summed E-state index contributed by atoms with van der Waals surface area (Å²) in [5.41, 5.74) is 6.30. The summed E-state index contributed by atoms with van der Waals surface area (Å²) in [5.74, 6) is 1.36. The summed E-state index contributed by atoms with van der Waals surface area (Å²) in [6.07, 6.45) is 0. The summed E-state index contributed by atoms with van der Waals surface area (Å²) in [6.45, 7) is 5.14. The summed E-state index contributed by atoms with van der Waals surface area (Å²) in [7, 11) is 0. The number of ether oxygens (including phenoxy) is 2. The Bertz CT molecular complexity index is 284. The SMILES string of the molecule is CC.Nc1ccc(Br)c2c1OCCO2. The highest BCUT2D eigenvalue weighted by Gasteiger charge is 2.17. The molecule has 0 spiro atoms. The van der Waals surface area contributed by atoms with Gasteiger partial charge in [0.25, 0.3) is 0 Å². The van der Waals surface area contributed by atoms with Crippen molar-refractivity contribution in [3.8, 4) is 11.5 Å². The van der Waals surface area contributed by atoms with Gasteiger partial charge in [-0.15, -0.1) is 0 Å². The van der Waals surface area contributed by atoms with E-state index >= 15 is 0 Å². The number of nitrogens with two attached hydrogens (primary N) is 1. The van der Waals surface area contributed by atoms with E-state index in [9.17, 15) is 0 Å². The molecule has 1 heterocycles. The molecule has 2 N–H and O–H groups in total. The van der Waals surface area contributed by atoms with Crippen LogP contribution in [0.2, 0.25) is 0 Å². The normalized spacial score (nSPS) is 12.8. The molecule has 0 atom stereocenters. The van der Waals surface area contributed by atoms with Crippen LogP contribution in [0.4, 0.5) is 5.69 Å². The lowest BCUT2D eigenvalue weighted by Crippen LogP contribution is -2.16. The standard InChI is InChI=1S/C8H8BrNO2.C2H6/c9-5-1-2-6(10)8-7(5)11-3-4-12-8;1-2/h1-2H,3-4,10H2;1-2H3. The van der Waals surface area contributed by atoms with Crippen LogP contribution in [-0.2, 0) is 0 Å². The van der Waals surface area contributed by atoms with Gasteiger partial charge in [-0.3, -0.25) is 0 Å². The largest absolute Gasteiger partial charge is 0.485 e. The maximum absolute atomic E-state index is 5.68. The second kappa shape index (κ2) is 5.10. The smallest absolute Gasteiger partial charge is 0.185 e. The molecule has 1 aliphatic rings. The van der Waals surface area contributed by atoms with E-state index in [-0.39, 0.29) is 0 Å². The number of hydrogen-bond acceptors (Lipinski definition) is 3. The molecule has 0 unspecified atom stereocenters. The Labute approximate surface area is 92.3 Å². The van der Waals surface area contributed by atoms with Crippen molar-refractivity contribution in [2.24, 2.45) is 0 Å². The van der Waals surface area contributed by atoms with Gasteiger partial charge in [0.15, 0.2) is 11.5 Å². The fourth-order valence-electron chi connectivity index (χ4n) is 1.12. The minimum Gasteiger partial charge on any atom is -0.485 e. The molecule has 1 aromatic carbocycles. The lowest BCUT2D eigenvalue weighted by Gasteiger charge is -2.20. The van der Waals surface area contributed by atoms with Gasteiger partial charge >= 0.3 is 0 Å². The molecule has 0 saturated heterocycles. The van der Waals surface area contributed by atoms with Crippen molar-refractivity contribution < 1.29 is 9.47 Å². The molecule has 0 radical (unpaired) electrons. The second-order valence-corrected chi connectivity index (χ2v) is 3.35. The maximum atomic E-state index is 5.68. The molecule has 0 amide bonds. The van der Waals surface area contributed by atoms with Crippen molar-refractivity contribution >= 4 is 21.6 Å². The molecule has 0 bridgehead atoms. The first-order valence-electron chi connectivity index (χ1n) is 4.62. The molecule has 0 aliphatic carbocycles. The van der Waals surface area contributed by atoms with E-state index < -0.39 is 0 Å². The number of rotatable bonds is 0. The Kier molecular flexibility index (Phi) is 4.07. The number of hydrogen-bond donors (Lipinski definition) is 1. The van der Waals surface area contributed by atoms with E-state index in [0.29, 0.717) is 30.4 Å². The summed E-state index contributed by atoms with van der Waals surface area (Å²) >= 11 is 3.36. The summed E-state index contributed by atoms with van der Waals surface area (Å²) < 4.78 is 11.6. The summed E-state index contributed by atoms with van der Waals surface area (Å²) in [4.78, 5) is 0. The predicted molar refractivity (Wildman–Crippen MR) is 60.9 cm³/mol.